The van der Waals surface area contributed by atoms with Crippen molar-refractivity contribution >= 4 is 23.2 Å². The predicted octanol–water partition coefficient (Wildman–Crippen LogP) is 3.17. The van der Waals surface area contributed by atoms with E-state index in [1.54, 1.807) is 0 Å². The molecule has 0 saturated heterocycles. The van der Waals surface area contributed by atoms with Gasteiger partial charge in [-0.2, -0.15) is 0 Å². The summed E-state index contributed by atoms with van der Waals surface area (Å²) in [7, 11) is 0. The third kappa shape index (κ3) is 2.69. The maximum absolute atomic E-state index is 9.20. The lowest BCUT2D eigenvalue weighted by Crippen LogP contribution is -2.45. The van der Waals surface area contributed by atoms with Crippen LogP contribution in [0.4, 0.5) is 0 Å². The minimum Gasteiger partial charge on any atom is -0.393 e. The van der Waals surface area contributed by atoms with Crippen LogP contribution in [0.1, 0.15) is 31.4 Å². The summed E-state index contributed by atoms with van der Waals surface area (Å²) in [5.74, 6) is 0. The van der Waals surface area contributed by atoms with E-state index in [-0.39, 0.29) is 12.1 Å². The molecule has 1 unspecified atom stereocenters. The largest absolute Gasteiger partial charge is 0.393 e. The second kappa shape index (κ2) is 4.92. The Labute approximate surface area is 106 Å². The molecular weight excluding hydrogens is 245 g/mol. The molecule has 2 rings (SSSR count). The first-order valence-electron chi connectivity index (χ1n) is 5.45. The summed E-state index contributed by atoms with van der Waals surface area (Å²) in [5, 5.41) is 13.8. The van der Waals surface area contributed by atoms with Crippen molar-refractivity contribution in [1.82, 2.24) is 5.32 Å². The van der Waals surface area contributed by atoms with E-state index < -0.39 is 0 Å². The molecule has 2 N–H and O–H groups in total. The fourth-order valence-corrected chi connectivity index (χ4v) is 2.26. The zero-order valence-corrected chi connectivity index (χ0v) is 10.6. The van der Waals surface area contributed by atoms with Crippen LogP contribution in [-0.4, -0.2) is 17.3 Å². The van der Waals surface area contributed by atoms with Crippen molar-refractivity contribution in [2.24, 2.45) is 0 Å². The van der Waals surface area contributed by atoms with E-state index in [9.17, 15) is 5.11 Å². The van der Waals surface area contributed by atoms with E-state index >= 15 is 0 Å². The summed E-state index contributed by atoms with van der Waals surface area (Å²) < 4.78 is 0. The molecule has 1 aromatic carbocycles. The molecule has 0 heterocycles. The fourth-order valence-electron chi connectivity index (χ4n) is 1.96. The second-order valence-electron chi connectivity index (χ2n) is 4.38. The maximum atomic E-state index is 9.20. The highest BCUT2D eigenvalue weighted by Gasteiger charge is 2.28. The van der Waals surface area contributed by atoms with Gasteiger partial charge in [-0.3, -0.25) is 0 Å². The highest BCUT2D eigenvalue weighted by molar-refractivity contribution is 6.42. The van der Waals surface area contributed by atoms with Crippen molar-refractivity contribution in [2.75, 3.05) is 0 Å². The molecular formula is C12H15Cl2NO. The van der Waals surface area contributed by atoms with Crippen LogP contribution in [0, 0.1) is 0 Å². The van der Waals surface area contributed by atoms with E-state index in [1.807, 2.05) is 18.2 Å². The van der Waals surface area contributed by atoms with Gasteiger partial charge in [0.05, 0.1) is 16.1 Å². The Balaban J connectivity index is 1.97. The van der Waals surface area contributed by atoms with Crippen LogP contribution >= 0.6 is 23.2 Å². The van der Waals surface area contributed by atoms with Crippen molar-refractivity contribution in [3.05, 3.63) is 33.8 Å². The van der Waals surface area contributed by atoms with E-state index in [2.05, 4.69) is 12.2 Å². The van der Waals surface area contributed by atoms with Crippen LogP contribution < -0.4 is 5.32 Å². The van der Waals surface area contributed by atoms with Crippen LogP contribution in [0.3, 0.4) is 0 Å². The number of hydrogen-bond acceptors (Lipinski definition) is 2. The maximum Gasteiger partial charge on any atom is 0.0595 e. The third-order valence-corrected chi connectivity index (χ3v) is 3.78. The first kappa shape index (κ1) is 12.2. The number of benzene rings is 1. The van der Waals surface area contributed by atoms with Crippen LogP contribution in [0.25, 0.3) is 0 Å². The lowest BCUT2D eigenvalue weighted by atomic mass is 9.88. The van der Waals surface area contributed by atoms with Gasteiger partial charge in [0.1, 0.15) is 0 Å². The second-order valence-corrected chi connectivity index (χ2v) is 5.20. The lowest BCUT2D eigenvalue weighted by molar-refractivity contribution is 0.0586. The topological polar surface area (TPSA) is 32.3 Å². The van der Waals surface area contributed by atoms with Gasteiger partial charge in [0, 0.05) is 12.1 Å². The molecule has 0 aromatic heterocycles. The van der Waals surface area contributed by atoms with Gasteiger partial charge in [-0.25, -0.2) is 0 Å². The Morgan fingerprint density at radius 3 is 2.56 bits per heavy atom. The van der Waals surface area contributed by atoms with Gasteiger partial charge < -0.3 is 10.4 Å². The summed E-state index contributed by atoms with van der Waals surface area (Å²) in [6, 6.07) is 6.32. The number of aliphatic hydroxyl groups excluding tert-OH is 1. The average molecular weight is 260 g/mol. The van der Waals surface area contributed by atoms with Crippen molar-refractivity contribution in [2.45, 2.75) is 38.0 Å². The summed E-state index contributed by atoms with van der Waals surface area (Å²) in [6.07, 6.45) is 1.55. The monoisotopic (exact) mass is 259 g/mol. The Hall–Kier alpha value is -0.280. The molecule has 1 atom stereocenters. The first-order chi connectivity index (χ1) is 7.56. The van der Waals surface area contributed by atoms with Gasteiger partial charge in [-0.15, -0.1) is 0 Å². The van der Waals surface area contributed by atoms with Gasteiger partial charge in [-0.05, 0) is 37.5 Å². The highest BCUT2D eigenvalue weighted by Crippen LogP contribution is 2.27. The highest BCUT2D eigenvalue weighted by atomic mass is 35.5. The summed E-state index contributed by atoms with van der Waals surface area (Å²) in [6.45, 7) is 2.09. The van der Waals surface area contributed by atoms with Crippen molar-refractivity contribution < 1.29 is 5.11 Å². The van der Waals surface area contributed by atoms with Gasteiger partial charge in [0.15, 0.2) is 0 Å². The van der Waals surface area contributed by atoms with Crippen LogP contribution in [0.2, 0.25) is 10.0 Å². The molecule has 1 saturated carbocycles. The van der Waals surface area contributed by atoms with E-state index in [0.717, 1.165) is 18.4 Å². The van der Waals surface area contributed by atoms with E-state index in [4.69, 9.17) is 23.2 Å². The first-order valence-corrected chi connectivity index (χ1v) is 6.21. The quantitative estimate of drug-likeness (QED) is 0.874. The zero-order valence-electron chi connectivity index (χ0n) is 9.08. The van der Waals surface area contributed by atoms with Crippen LogP contribution in [0.5, 0.6) is 0 Å². The number of hydrogen-bond donors (Lipinski definition) is 2. The van der Waals surface area contributed by atoms with Gasteiger partial charge >= 0.3 is 0 Å². The molecule has 0 radical (unpaired) electrons. The lowest BCUT2D eigenvalue weighted by Gasteiger charge is -2.34. The Morgan fingerprint density at radius 2 is 2.00 bits per heavy atom. The molecule has 1 aromatic rings. The molecule has 1 aliphatic rings. The summed E-state index contributed by atoms with van der Waals surface area (Å²) in [5.41, 5.74) is 1.12. The Kier molecular flexibility index (Phi) is 3.75. The number of nitrogens with one attached hydrogen (secondary N) is 1. The predicted molar refractivity (Wildman–Crippen MR) is 67.0 cm³/mol. The normalized spacial score (nSPS) is 26.2. The van der Waals surface area contributed by atoms with Gasteiger partial charge in [-0.1, -0.05) is 29.3 Å². The number of aliphatic hydroxyl groups is 1. The third-order valence-electron chi connectivity index (χ3n) is 3.04. The molecule has 1 aliphatic carbocycles. The molecule has 0 bridgehead atoms. The average Bonchev–Trinajstić information content (AvgIpc) is 2.19. The van der Waals surface area contributed by atoms with Crippen molar-refractivity contribution in [3.63, 3.8) is 0 Å². The minimum atomic E-state index is -0.126. The Bertz CT molecular complexity index is 377. The van der Waals surface area contributed by atoms with Crippen LogP contribution in [-0.2, 0) is 0 Å². The minimum absolute atomic E-state index is 0.126. The standard InChI is InChI=1S/C12H15Cl2NO/c1-7(15-9-5-10(16)6-9)8-2-3-11(13)12(14)4-8/h2-4,7,9-10,15-16H,5-6H2,1H3. The fraction of sp³-hybridized carbons (Fsp3) is 0.500. The van der Waals surface area contributed by atoms with Gasteiger partial charge in [0.2, 0.25) is 0 Å². The van der Waals surface area contributed by atoms with Crippen molar-refractivity contribution in [3.8, 4) is 0 Å². The molecule has 0 amide bonds. The Morgan fingerprint density at radius 1 is 1.31 bits per heavy atom. The summed E-state index contributed by atoms with van der Waals surface area (Å²) >= 11 is 11.8. The smallest absolute Gasteiger partial charge is 0.0595 e. The van der Waals surface area contributed by atoms with E-state index in [1.165, 1.54) is 0 Å². The SMILES string of the molecule is CC(NC1CC(O)C1)c1ccc(Cl)c(Cl)c1. The molecule has 16 heavy (non-hydrogen) atoms. The molecule has 1 fully saturated rings. The number of rotatable bonds is 3. The summed E-state index contributed by atoms with van der Waals surface area (Å²) in [4.78, 5) is 0. The van der Waals surface area contributed by atoms with Crippen molar-refractivity contribution in [1.29, 1.82) is 0 Å². The van der Waals surface area contributed by atoms with Gasteiger partial charge in [0.25, 0.3) is 0 Å². The molecule has 88 valence electrons. The molecule has 2 nitrogen and oxygen atoms in total. The van der Waals surface area contributed by atoms with E-state index in [0.29, 0.717) is 16.1 Å². The molecule has 0 aliphatic heterocycles. The zero-order chi connectivity index (χ0) is 11.7. The molecule has 0 spiro atoms. The number of halogens is 2. The van der Waals surface area contributed by atoms with Crippen LogP contribution in [0.15, 0.2) is 18.2 Å². The molecule has 4 heteroatoms.